The number of H-pyrrole nitrogens is 2. The summed E-state index contributed by atoms with van der Waals surface area (Å²) in [5.41, 5.74) is 4.84. The number of hydrogen-bond donors (Lipinski definition) is 8. The number of aromatic carboxylic acids is 2. The van der Waals surface area contributed by atoms with Crippen LogP contribution in [-0.4, -0.2) is 114 Å². The van der Waals surface area contributed by atoms with Gasteiger partial charge in [-0.3, -0.25) is 14.5 Å². The first-order valence-electron chi connectivity index (χ1n) is 23.1. The molecule has 0 radical (unpaired) electrons. The van der Waals surface area contributed by atoms with Gasteiger partial charge in [0, 0.05) is 90.6 Å². The zero-order chi connectivity index (χ0) is 47.4. The number of nitrogens with zero attached hydrogens (tertiary/aromatic N) is 4. The Balaban J connectivity index is 0.000000350. The third kappa shape index (κ3) is 12.5. The smallest absolute Gasteiger partial charge is 0.345 e. The lowest BCUT2D eigenvalue weighted by Gasteiger charge is -2.29. The number of carbonyl (C=O) groups is 2. The van der Waals surface area contributed by atoms with Gasteiger partial charge in [0.25, 0.3) is 11.1 Å². The number of aryl methyl sites for hydroxylation is 2. The molecule has 0 bridgehead atoms. The van der Waals surface area contributed by atoms with E-state index < -0.39 is 45.7 Å². The number of halogens is 4. The topological polar surface area (TPSA) is 221 Å². The Kier molecular flexibility index (Phi) is 21.9. The highest BCUT2D eigenvalue weighted by atomic mass is 35.5. The van der Waals surface area contributed by atoms with Crippen molar-refractivity contribution >= 4 is 83.4 Å². The van der Waals surface area contributed by atoms with Crippen LogP contribution in [-0.2, 0) is 40.0 Å². The summed E-state index contributed by atoms with van der Waals surface area (Å²) in [6.45, 7) is 13.9. The van der Waals surface area contributed by atoms with E-state index in [1.807, 2.05) is 64.3 Å². The fourth-order valence-corrected chi connectivity index (χ4v) is 10.1. The van der Waals surface area contributed by atoms with Gasteiger partial charge in [0.2, 0.25) is 0 Å². The number of aromatic nitrogens is 4. The molecule has 2 unspecified atom stereocenters. The molecule has 0 spiro atoms. The van der Waals surface area contributed by atoms with Gasteiger partial charge >= 0.3 is 11.9 Å². The molecule has 2 aromatic carbocycles. The van der Waals surface area contributed by atoms with Crippen LogP contribution >= 0.6 is 49.6 Å². The molecule has 2 fully saturated rings. The minimum absolute atomic E-state index is 0. The Morgan fingerprint density at radius 3 is 1.54 bits per heavy atom. The van der Waals surface area contributed by atoms with Gasteiger partial charge in [0.15, 0.2) is 11.1 Å². The van der Waals surface area contributed by atoms with Crippen LogP contribution in [0.25, 0.3) is 44.3 Å². The second-order valence-electron chi connectivity index (χ2n) is 17.8. The number of carboxylic acid groups (broad SMARTS) is 2. The van der Waals surface area contributed by atoms with Crippen LogP contribution in [0.3, 0.4) is 0 Å². The molecule has 8 N–H and O–H groups in total. The first-order chi connectivity index (χ1) is 31.6. The summed E-state index contributed by atoms with van der Waals surface area (Å²) >= 11 is 0. The van der Waals surface area contributed by atoms with Crippen molar-refractivity contribution in [2.45, 2.75) is 78.4 Å². The fraction of sp³-hybridized carbons (Fsp3) is 0.440. The summed E-state index contributed by atoms with van der Waals surface area (Å²) in [7, 11) is 6.26. The zero-order valence-electron chi connectivity index (χ0n) is 40.5. The van der Waals surface area contributed by atoms with Crippen LogP contribution in [0.1, 0.15) is 89.7 Å². The number of hydrogen-bond acceptors (Lipinski definition) is 10. The number of fused-ring (bicyclic) bond motifs is 2. The molecule has 2 aliphatic heterocycles. The number of pyridine rings is 2. The average molecular weight is 1050 g/mol. The van der Waals surface area contributed by atoms with Gasteiger partial charge < -0.3 is 55.1 Å². The SMILES string of the molecule is CCc1c(-c2ccc3c(c2)cc(CNCC2CCCN(C)C2)n3C)[nH]c(=O)c(C(=O)O)c1O.CCc1c(-c2ccc3c(c2)cc(CNCC2CCCN2CC)n3C)[nH]c(=O)c(C(=O)O)c1O.Cl.Cl.Cl.Cl. The summed E-state index contributed by atoms with van der Waals surface area (Å²) in [6, 6.07) is 16.6. The third-order valence-corrected chi connectivity index (χ3v) is 13.6. The summed E-state index contributed by atoms with van der Waals surface area (Å²) in [6.07, 6.45) is 5.80. The van der Waals surface area contributed by atoms with Crippen LogP contribution in [0, 0.1) is 5.92 Å². The van der Waals surface area contributed by atoms with E-state index in [0.717, 1.165) is 77.9 Å². The molecule has 2 saturated heterocycles. The molecule has 8 rings (SSSR count). The Bertz CT molecular complexity index is 2900. The van der Waals surface area contributed by atoms with E-state index in [2.05, 4.69) is 65.6 Å². The van der Waals surface area contributed by atoms with Gasteiger partial charge in [-0.25, -0.2) is 9.59 Å². The van der Waals surface area contributed by atoms with Crippen molar-refractivity contribution in [2.24, 2.45) is 20.0 Å². The Morgan fingerprint density at radius 1 is 0.657 bits per heavy atom. The van der Waals surface area contributed by atoms with Crippen molar-refractivity contribution in [3.8, 4) is 34.0 Å². The molecule has 6 heterocycles. The Morgan fingerprint density at radius 2 is 1.11 bits per heavy atom. The largest absolute Gasteiger partial charge is 0.506 e. The van der Waals surface area contributed by atoms with Gasteiger partial charge in [0.1, 0.15) is 11.5 Å². The van der Waals surface area contributed by atoms with Crippen LogP contribution in [0.5, 0.6) is 11.5 Å². The Hall–Kier alpha value is -5.04. The maximum absolute atomic E-state index is 12.3. The molecule has 6 aromatic rings. The zero-order valence-corrected chi connectivity index (χ0v) is 43.8. The molecule has 2 aliphatic rings. The number of likely N-dealkylation sites (N-methyl/N-ethyl adjacent to an activating group) is 1. The number of benzene rings is 2. The summed E-state index contributed by atoms with van der Waals surface area (Å²) < 4.78 is 4.32. The van der Waals surface area contributed by atoms with Gasteiger partial charge in [-0.15, -0.1) is 49.6 Å². The molecular formula is C50H68Cl4N8O8. The number of rotatable bonds is 15. The molecule has 4 aromatic heterocycles. The standard InChI is InChI=1S/2C25H32N4O4.4ClH/c1-4-19-22(27-24(31)21(23(19)30)25(32)33)16-7-8-20-17(10-16)11-18(29(20)3)13-26-12-15-6-5-9-28(2)14-15;1-4-19-22(27-24(31)21(23(19)30)25(32)33)15-8-9-20-16(11-15)12-18(28(20)3)14-26-13-17-7-6-10-29(17)5-2;;;;/h7-8,10-11,15,26H,4-6,9,12-14H2,1-3H3,(H,32,33)(H2,27,30,31);8-9,11-12,17,26H,4-7,10,13-14H2,1-3H3,(H,32,33)(H2,27,30,31);4*1H. The van der Waals surface area contributed by atoms with E-state index in [-0.39, 0.29) is 49.6 Å². The fourth-order valence-electron chi connectivity index (χ4n) is 10.1. The van der Waals surface area contributed by atoms with Crippen LogP contribution in [0.4, 0.5) is 0 Å². The maximum atomic E-state index is 12.3. The minimum Gasteiger partial charge on any atom is -0.506 e. The van der Waals surface area contributed by atoms with E-state index in [4.69, 9.17) is 0 Å². The highest BCUT2D eigenvalue weighted by Gasteiger charge is 2.25. The molecule has 70 heavy (non-hydrogen) atoms. The number of aromatic amines is 2. The first kappa shape index (κ1) is 59.3. The summed E-state index contributed by atoms with van der Waals surface area (Å²) in [5, 5.41) is 48.7. The summed E-state index contributed by atoms with van der Waals surface area (Å²) in [4.78, 5) is 57.7. The van der Waals surface area contributed by atoms with E-state index in [9.17, 15) is 39.6 Å². The normalized spacial score (nSPS) is 15.9. The van der Waals surface area contributed by atoms with E-state index in [0.29, 0.717) is 47.3 Å². The van der Waals surface area contributed by atoms with Crippen molar-refractivity contribution in [3.05, 3.63) is 103 Å². The van der Waals surface area contributed by atoms with Crippen LogP contribution in [0.15, 0.2) is 58.1 Å². The second-order valence-corrected chi connectivity index (χ2v) is 17.8. The lowest BCUT2D eigenvalue weighted by Crippen LogP contribution is -2.37. The number of carboxylic acids is 2. The van der Waals surface area contributed by atoms with Gasteiger partial charge in [0.05, 0.1) is 11.4 Å². The van der Waals surface area contributed by atoms with Gasteiger partial charge in [-0.05, 0) is 125 Å². The number of likely N-dealkylation sites (tertiary alicyclic amines) is 2. The van der Waals surface area contributed by atoms with E-state index in [1.165, 1.54) is 44.5 Å². The maximum Gasteiger partial charge on any atom is 0.345 e. The minimum atomic E-state index is -1.44. The van der Waals surface area contributed by atoms with Crippen molar-refractivity contribution in [1.29, 1.82) is 0 Å². The molecule has 0 amide bonds. The molecule has 2 atom stereocenters. The van der Waals surface area contributed by atoms with Crippen molar-refractivity contribution in [2.75, 3.05) is 46.3 Å². The second kappa shape index (κ2) is 25.9. The highest BCUT2D eigenvalue weighted by molar-refractivity contribution is 5.94. The third-order valence-electron chi connectivity index (χ3n) is 13.6. The van der Waals surface area contributed by atoms with Gasteiger partial charge in [-0.2, -0.15) is 0 Å². The van der Waals surface area contributed by atoms with Crippen molar-refractivity contribution in [3.63, 3.8) is 0 Å². The number of aromatic hydroxyl groups is 2. The predicted octanol–water partition coefficient (Wildman–Crippen LogP) is 7.69. The number of nitrogens with one attached hydrogen (secondary N) is 4. The molecule has 0 saturated carbocycles. The first-order valence-corrected chi connectivity index (χ1v) is 23.1. The van der Waals surface area contributed by atoms with Crippen LogP contribution < -0.4 is 21.8 Å². The molecule has 384 valence electrons. The number of piperidine rings is 1. The van der Waals surface area contributed by atoms with Crippen molar-refractivity contribution in [1.82, 2.24) is 39.5 Å². The predicted molar refractivity (Wildman–Crippen MR) is 287 cm³/mol. The molecule has 0 aliphatic carbocycles. The van der Waals surface area contributed by atoms with Crippen molar-refractivity contribution < 1.29 is 30.0 Å². The summed E-state index contributed by atoms with van der Waals surface area (Å²) in [5.74, 6) is -3.13. The monoisotopic (exact) mass is 1050 g/mol. The lowest BCUT2D eigenvalue weighted by molar-refractivity contribution is 0.0680. The average Bonchev–Trinajstić information content (AvgIpc) is 3.97. The quantitative estimate of drug-likeness (QED) is 0.0496. The molecular weight excluding hydrogens is 982 g/mol. The van der Waals surface area contributed by atoms with Crippen LogP contribution in [0.2, 0.25) is 0 Å². The Labute approximate surface area is 432 Å². The highest BCUT2D eigenvalue weighted by Crippen LogP contribution is 2.34. The molecule has 20 heteroatoms. The van der Waals surface area contributed by atoms with E-state index >= 15 is 0 Å². The lowest BCUT2D eigenvalue weighted by atomic mass is 9.98. The molecule has 16 nitrogen and oxygen atoms in total. The van der Waals surface area contributed by atoms with E-state index in [1.54, 1.807) is 0 Å². The van der Waals surface area contributed by atoms with Gasteiger partial charge in [-0.1, -0.05) is 32.9 Å².